The third-order valence-corrected chi connectivity index (χ3v) is 7.85. The molecule has 0 aliphatic carbocycles. The average Bonchev–Trinajstić information content (AvgIpc) is 3.41. The molecule has 1 aliphatic rings. The Labute approximate surface area is 213 Å². The molecule has 2 heterocycles. The normalized spacial score (nSPS) is 16.4. The first-order valence-corrected chi connectivity index (χ1v) is 13.5. The van der Waals surface area contributed by atoms with Gasteiger partial charge in [0.05, 0.1) is 19.6 Å². The van der Waals surface area contributed by atoms with Crippen LogP contribution in [0.25, 0.3) is 10.4 Å². The number of likely N-dealkylation sites (tertiary alicyclic amines) is 1. The number of piperidine rings is 1. The Morgan fingerprint density at radius 2 is 2.03 bits per heavy atom. The molecule has 3 N–H and O–H groups in total. The zero-order valence-corrected chi connectivity index (χ0v) is 21.4. The van der Waals surface area contributed by atoms with Crippen LogP contribution in [-0.4, -0.2) is 69.0 Å². The van der Waals surface area contributed by atoms with E-state index in [1.54, 1.807) is 11.3 Å². The summed E-state index contributed by atoms with van der Waals surface area (Å²) < 4.78 is 22.7. The molecule has 2 amide bonds. The van der Waals surface area contributed by atoms with Crippen molar-refractivity contribution in [1.82, 2.24) is 19.8 Å². The lowest BCUT2D eigenvalue weighted by Gasteiger charge is -2.37. The first-order valence-electron chi connectivity index (χ1n) is 11.6. The Balaban J connectivity index is 1.48. The van der Waals surface area contributed by atoms with Gasteiger partial charge in [0.25, 0.3) is 0 Å². The van der Waals surface area contributed by atoms with E-state index in [0.717, 1.165) is 25.9 Å². The van der Waals surface area contributed by atoms with Gasteiger partial charge in [0, 0.05) is 17.5 Å². The lowest BCUT2D eigenvalue weighted by molar-refractivity contribution is -0.126. The first kappa shape index (κ1) is 27.0. The minimum Gasteiger partial charge on any atom is -0.346 e. The summed E-state index contributed by atoms with van der Waals surface area (Å²) >= 11 is -0.544. The smallest absolute Gasteiger partial charge is 0.240 e. The minimum absolute atomic E-state index is 0.0822. The second-order valence-corrected chi connectivity index (χ2v) is 10.5. The molecular formula is C25H32N4O4S2. The second kappa shape index (κ2) is 13.5. The summed E-state index contributed by atoms with van der Waals surface area (Å²) in [7, 11) is 0. The quantitative estimate of drug-likeness (QED) is 0.315. The first-order chi connectivity index (χ1) is 16.9. The van der Waals surface area contributed by atoms with Gasteiger partial charge in [-0.15, -0.1) is 17.8 Å². The van der Waals surface area contributed by atoms with Crippen molar-refractivity contribution in [2.75, 3.05) is 39.3 Å². The van der Waals surface area contributed by atoms with Crippen molar-refractivity contribution in [2.45, 2.75) is 25.8 Å². The lowest BCUT2D eigenvalue weighted by Crippen LogP contribution is -2.45. The van der Waals surface area contributed by atoms with E-state index in [1.165, 1.54) is 20.3 Å². The van der Waals surface area contributed by atoms with Gasteiger partial charge in [-0.2, -0.15) is 4.31 Å². The van der Waals surface area contributed by atoms with Crippen molar-refractivity contribution >= 4 is 34.4 Å². The van der Waals surface area contributed by atoms with Gasteiger partial charge in [-0.25, -0.2) is 4.21 Å². The maximum Gasteiger partial charge on any atom is 0.240 e. The molecule has 0 bridgehead atoms. The number of nitrogens with one attached hydrogen (secondary N) is 2. The second-order valence-electron chi connectivity index (χ2n) is 8.57. The van der Waals surface area contributed by atoms with Gasteiger partial charge in [0.15, 0.2) is 0 Å². The number of rotatable bonds is 11. The van der Waals surface area contributed by atoms with Crippen LogP contribution in [0.3, 0.4) is 0 Å². The van der Waals surface area contributed by atoms with Crippen molar-refractivity contribution in [2.24, 2.45) is 5.92 Å². The third kappa shape index (κ3) is 8.26. The van der Waals surface area contributed by atoms with E-state index < -0.39 is 23.1 Å². The lowest BCUT2D eigenvalue weighted by atomic mass is 9.94. The van der Waals surface area contributed by atoms with E-state index >= 15 is 0 Å². The topological polar surface area (TPSA) is 102 Å². The Hall–Kier alpha value is -2.55. The molecule has 188 valence electrons. The number of carbonyl (C=O) groups is 2. The third-order valence-electron chi connectivity index (χ3n) is 6.21. The molecular weight excluding hydrogens is 484 g/mol. The maximum atomic E-state index is 12.2. The Morgan fingerprint density at radius 1 is 1.26 bits per heavy atom. The Kier molecular flexibility index (Phi) is 10.4. The molecule has 2 atom stereocenters. The van der Waals surface area contributed by atoms with Crippen molar-refractivity contribution in [3.8, 4) is 22.8 Å². The van der Waals surface area contributed by atoms with Gasteiger partial charge in [-0.1, -0.05) is 30.2 Å². The zero-order valence-electron chi connectivity index (χ0n) is 19.8. The van der Waals surface area contributed by atoms with E-state index in [0.29, 0.717) is 6.54 Å². The van der Waals surface area contributed by atoms with Crippen LogP contribution in [0, 0.1) is 18.3 Å². The summed E-state index contributed by atoms with van der Waals surface area (Å²) in [6.07, 6.45) is 6.82. The van der Waals surface area contributed by atoms with Gasteiger partial charge < -0.3 is 10.6 Å². The van der Waals surface area contributed by atoms with Crippen LogP contribution in [0.4, 0.5) is 0 Å². The van der Waals surface area contributed by atoms with E-state index in [-0.39, 0.29) is 31.6 Å². The van der Waals surface area contributed by atoms with Crippen molar-refractivity contribution in [3.63, 3.8) is 0 Å². The van der Waals surface area contributed by atoms with Crippen molar-refractivity contribution in [1.29, 1.82) is 0 Å². The summed E-state index contributed by atoms with van der Waals surface area (Å²) in [5, 5.41) is 6.99. The van der Waals surface area contributed by atoms with E-state index in [4.69, 9.17) is 6.42 Å². The van der Waals surface area contributed by atoms with Crippen molar-refractivity contribution < 1.29 is 18.4 Å². The van der Waals surface area contributed by atoms with Crippen LogP contribution in [-0.2, 0) is 20.9 Å². The molecule has 3 rings (SSSR count). The van der Waals surface area contributed by atoms with Gasteiger partial charge in [-0.05, 0) is 67.4 Å². The summed E-state index contributed by atoms with van der Waals surface area (Å²) in [6, 6.07) is 13.1. The summed E-state index contributed by atoms with van der Waals surface area (Å²) in [4.78, 5) is 27.4. The van der Waals surface area contributed by atoms with Gasteiger partial charge in [0.1, 0.15) is 0 Å². The molecule has 1 saturated heterocycles. The number of hydrogen-bond acceptors (Lipinski definition) is 5. The molecule has 2 aromatic rings. The molecule has 8 nitrogen and oxygen atoms in total. The predicted octanol–water partition coefficient (Wildman–Crippen LogP) is 2.49. The molecule has 0 saturated carbocycles. The Bertz CT molecular complexity index is 1050. The summed E-state index contributed by atoms with van der Waals surface area (Å²) in [5.74, 6) is 1.59. The predicted molar refractivity (Wildman–Crippen MR) is 140 cm³/mol. The fourth-order valence-electron chi connectivity index (χ4n) is 4.21. The number of carbonyl (C=O) groups excluding carboxylic acids is 2. The molecule has 1 aliphatic heterocycles. The van der Waals surface area contributed by atoms with Gasteiger partial charge in [0.2, 0.25) is 23.1 Å². The zero-order chi connectivity index (χ0) is 25.2. The largest absolute Gasteiger partial charge is 0.346 e. The number of hydrogen-bond donors (Lipinski definition) is 3. The number of terminal acetylenes is 1. The van der Waals surface area contributed by atoms with Crippen LogP contribution in [0.2, 0.25) is 0 Å². The van der Waals surface area contributed by atoms with Crippen LogP contribution in [0.5, 0.6) is 0 Å². The highest BCUT2D eigenvalue weighted by Crippen LogP contribution is 2.31. The highest BCUT2D eigenvalue weighted by molar-refractivity contribution is 7.76. The fraction of sp³-hybridized carbons (Fsp3) is 0.440. The van der Waals surface area contributed by atoms with E-state index in [1.807, 2.05) is 0 Å². The van der Waals surface area contributed by atoms with Crippen LogP contribution >= 0.6 is 11.3 Å². The summed E-state index contributed by atoms with van der Waals surface area (Å²) in [6.45, 7) is 3.92. The van der Waals surface area contributed by atoms with Crippen LogP contribution < -0.4 is 10.6 Å². The molecule has 0 radical (unpaired) electrons. The van der Waals surface area contributed by atoms with E-state index in [9.17, 15) is 18.4 Å². The average molecular weight is 517 g/mol. The Morgan fingerprint density at radius 3 is 2.69 bits per heavy atom. The summed E-state index contributed by atoms with van der Waals surface area (Å²) in [5.41, 5.74) is 2.50. The SMILES string of the molecule is C#CCNC(=O)CNC(=O)CN(CC1CCN(C(C)c2cccc(-c3cccs3)c2)CC1)S(=O)O. The molecule has 1 fully saturated rings. The monoisotopic (exact) mass is 516 g/mol. The molecule has 1 aromatic carbocycles. The molecule has 35 heavy (non-hydrogen) atoms. The number of thiophene rings is 1. The van der Waals surface area contributed by atoms with Gasteiger partial charge in [-0.3, -0.25) is 19.0 Å². The van der Waals surface area contributed by atoms with Crippen LogP contribution in [0.1, 0.15) is 31.4 Å². The number of nitrogens with zero attached hydrogens (tertiary/aromatic N) is 2. The highest BCUT2D eigenvalue weighted by atomic mass is 32.2. The molecule has 10 heteroatoms. The van der Waals surface area contributed by atoms with Crippen molar-refractivity contribution in [3.05, 3.63) is 47.3 Å². The standard InChI is InChI=1S/C25H32N4O4S2/c1-3-11-26-24(30)16-27-25(31)18-29(35(32)33)17-20-9-12-28(13-10-20)19(2)21-6-4-7-22(15-21)23-8-5-14-34-23/h1,4-8,14-15,19-20H,9-13,16-18H2,2H3,(H,26,30)(H,27,31)(H,32,33). The maximum absolute atomic E-state index is 12.2. The van der Waals surface area contributed by atoms with Gasteiger partial charge >= 0.3 is 0 Å². The number of amides is 2. The molecule has 1 aromatic heterocycles. The minimum atomic E-state index is -2.28. The highest BCUT2D eigenvalue weighted by Gasteiger charge is 2.27. The van der Waals surface area contributed by atoms with Crippen LogP contribution in [0.15, 0.2) is 41.8 Å². The number of benzene rings is 1. The molecule has 0 spiro atoms. The fourth-order valence-corrected chi connectivity index (χ4v) is 5.50. The van der Waals surface area contributed by atoms with E-state index in [2.05, 4.69) is 70.2 Å². The molecule has 2 unspecified atom stereocenters.